The molecule has 220 valence electrons. The van der Waals surface area contributed by atoms with E-state index >= 15 is 0 Å². The maximum Gasteiger partial charge on any atom is 0.508 e. The van der Waals surface area contributed by atoms with Gasteiger partial charge in [-0.3, -0.25) is 14.4 Å². The smallest absolute Gasteiger partial charge is 0.480 e. The van der Waals surface area contributed by atoms with E-state index in [9.17, 15) is 24.3 Å². The first-order chi connectivity index (χ1) is 18.1. The Kier molecular flexibility index (Phi) is 13.4. The second-order valence-corrected chi connectivity index (χ2v) is 11.1. The number of rotatable bonds is 14. The first-order valence-corrected chi connectivity index (χ1v) is 13.5. The third kappa shape index (κ3) is 11.2. The van der Waals surface area contributed by atoms with Crippen LogP contribution < -0.4 is 15.2 Å². The molecular weight excluding hydrogens is 506 g/mol. The molecule has 0 aliphatic carbocycles. The molecule has 3 N–H and O–H groups in total. The molecule has 0 spiro atoms. The molecule has 10 nitrogen and oxygen atoms in total. The zero-order valence-corrected chi connectivity index (χ0v) is 24.4. The molecule has 1 aromatic rings. The lowest BCUT2D eigenvalue weighted by atomic mass is 9.82. The minimum absolute atomic E-state index is 0.0136. The lowest BCUT2D eigenvalue weighted by Gasteiger charge is -2.28. The number of nitrogens with two attached hydrogens (primary N) is 1. The molecule has 0 aliphatic heterocycles. The highest BCUT2D eigenvalue weighted by Crippen LogP contribution is 2.36. The molecule has 0 bridgehead atoms. The predicted octanol–water partition coefficient (Wildman–Crippen LogP) is 5.45. The van der Waals surface area contributed by atoms with Crippen molar-refractivity contribution in [3.8, 4) is 11.5 Å². The molecule has 0 heterocycles. The van der Waals surface area contributed by atoms with Crippen LogP contribution in [0.5, 0.6) is 11.5 Å². The van der Waals surface area contributed by atoms with Gasteiger partial charge in [-0.2, -0.15) is 0 Å². The van der Waals surface area contributed by atoms with Gasteiger partial charge in [0, 0.05) is 5.92 Å². The van der Waals surface area contributed by atoms with E-state index in [2.05, 4.69) is 0 Å². The van der Waals surface area contributed by atoms with Crippen molar-refractivity contribution in [1.82, 2.24) is 0 Å². The highest BCUT2D eigenvalue weighted by Gasteiger charge is 2.33. The third-order valence-corrected chi connectivity index (χ3v) is 6.16. The van der Waals surface area contributed by atoms with Gasteiger partial charge in [0.05, 0.1) is 18.4 Å². The largest absolute Gasteiger partial charge is 0.508 e. The summed E-state index contributed by atoms with van der Waals surface area (Å²) in [6.45, 7) is 14.0. The van der Waals surface area contributed by atoms with Crippen LogP contribution in [0.3, 0.4) is 0 Å². The van der Waals surface area contributed by atoms with Gasteiger partial charge in [-0.05, 0) is 57.2 Å². The van der Waals surface area contributed by atoms with Crippen LogP contribution in [0.25, 0.3) is 0 Å². The van der Waals surface area contributed by atoms with Crippen LogP contribution >= 0.6 is 0 Å². The SMILES string of the molecule is CCCC(C)C(=O)Oc1ccc(C(C(C)COC(=O)OC(C)(C)C)[C@H](N)C(=O)O)cc1OC(=O)C(C)CCC. The van der Waals surface area contributed by atoms with E-state index in [1.807, 2.05) is 13.8 Å². The van der Waals surface area contributed by atoms with Crippen LogP contribution in [0.2, 0.25) is 0 Å². The lowest BCUT2D eigenvalue weighted by molar-refractivity contribution is -0.141. The maximum atomic E-state index is 12.8. The fourth-order valence-electron chi connectivity index (χ4n) is 4.04. The topological polar surface area (TPSA) is 151 Å². The summed E-state index contributed by atoms with van der Waals surface area (Å²) in [6.07, 6.45) is 1.91. The average Bonchev–Trinajstić information content (AvgIpc) is 2.83. The first kappa shape index (κ1) is 33.9. The molecule has 0 saturated heterocycles. The zero-order valence-electron chi connectivity index (χ0n) is 24.4. The lowest BCUT2D eigenvalue weighted by Crippen LogP contribution is -2.41. The van der Waals surface area contributed by atoms with Crippen molar-refractivity contribution in [2.24, 2.45) is 23.5 Å². The van der Waals surface area contributed by atoms with Crippen LogP contribution in [-0.2, 0) is 23.9 Å². The summed E-state index contributed by atoms with van der Waals surface area (Å²) in [4.78, 5) is 49.4. The number of carbonyl (C=O) groups excluding carboxylic acids is 3. The molecule has 1 aromatic carbocycles. The molecule has 0 aromatic heterocycles. The Morgan fingerprint density at radius 3 is 1.87 bits per heavy atom. The quantitative estimate of drug-likeness (QED) is 0.225. The Balaban J connectivity index is 3.40. The second kappa shape index (κ2) is 15.5. The molecule has 0 amide bonds. The number of esters is 2. The van der Waals surface area contributed by atoms with Crippen LogP contribution in [0.4, 0.5) is 4.79 Å². The molecule has 39 heavy (non-hydrogen) atoms. The fourth-order valence-corrected chi connectivity index (χ4v) is 4.04. The summed E-state index contributed by atoms with van der Waals surface area (Å²) < 4.78 is 21.6. The molecular formula is C29H45NO9. The third-order valence-electron chi connectivity index (χ3n) is 6.16. The Bertz CT molecular complexity index is 985. The molecule has 1 rings (SSSR count). The van der Waals surface area contributed by atoms with Crippen molar-refractivity contribution in [2.75, 3.05) is 6.61 Å². The molecule has 0 radical (unpaired) electrons. The summed E-state index contributed by atoms with van der Waals surface area (Å²) >= 11 is 0. The van der Waals surface area contributed by atoms with Crippen molar-refractivity contribution in [3.05, 3.63) is 23.8 Å². The second-order valence-electron chi connectivity index (χ2n) is 11.1. The van der Waals surface area contributed by atoms with Gasteiger partial charge >= 0.3 is 24.1 Å². The van der Waals surface area contributed by atoms with Crippen LogP contribution in [-0.4, -0.2) is 47.4 Å². The van der Waals surface area contributed by atoms with E-state index in [0.29, 0.717) is 18.4 Å². The summed E-state index contributed by atoms with van der Waals surface area (Å²) in [5.41, 5.74) is 5.73. The van der Waals surface area contributed by atoms with Crippen molar-refractivity contribution in [1.29, 1.82) is 0 Å². The van der Waals surface area contributed by atoms with E-state index in [0.717, 1.165) is 12.8 Å². The number of hydrogen-bond donors (Lipinski definition) is 2. The highest BCUT2D eigenvalue weighted by atomic mass is 16.7. The maximum absolute atomic E-state index is 12.8. The number of aliphatic carboxylic acids is 1. The minimum Gasteiger partial charge on any atom is -0.480 e. The molecule has 5 atom stereocenters. The van der Waals surface area contributed by atoms with Gasteiger partial charge in [0.2, 0.25) is 0 Å². The van der Waals surface area contributed by atoms with Gasteiger partial charge in [0.25, 0.3) is 0 Å². The van der Waals surface area contributed by atoms with Crippen molar-refractivity contribution in [3.63, 3.8) is 0 Å². The first-order valence-electron chi connectivity index (χ1n) is 13.5. The van der Waals surface area contributed by atoms with Gasteiger partial charge in [-0.15, -0.1) is 0 Å². The van der Waals surface area contributed by atoms with E-state index in [-0.39, 0.29) is 24.0 Å². The van der Waals surface area contributed by atoms with Gasteiger partial charge < -0.3 is 29.8 Å². The molecule has 10 heteroatoms. The van der Waals surface area contributed by atoms with E-state index in [4.69, 9.17) is 24.7 Å². The standard InChI is InChI=1S/C29H45NO9/c1-9-11-17(3)26(33)37-21-14-13-20(15-22(21)38-27(34)18(4)12-10-2)23(24(30)25(31)32)19(5)16-36-28(35)39-29(6,7)8/h13-15,17-19,23-24H,9-12,16,30H2,1-8H3,(H,31,32)/t17?,18?,19?,23?,24-/m0/s1. The number of carboxylic acid groups (broad SMARTS) is 1. The Morgan fingerprint density at radius 1 is 0.897 bits per heavy atom. The monoisotopic (exact) mass is 551 g/mol. The molecule has 0 aliphatic rings. The number of hydrogen-bond acceptors (Lipinski definition) is 9. The Morgan fingerprint density at radius 2 is 1.41 bits per heavy atom. The van der Waals surface area contributed by atoms with Crippen molar-refractivity contribution in [2.45, 2.75) is 98.6 Å². The predicted molar refractivity (Wildman–Crippen MR) is 146 cm³/mol. The number of benzene rings is 1. The average molecular weight is 552 g/mol. The van der Waals surface area contributed by atoms with Crippen LogP contribution in [0.15, 0.2) is 18.2 Å². The van der Waals surface area contributed by atoms with Crippen molar-refractivity contribution < 1.29 is 43.2 Å². The Labute approximate surface area is 231 Å². The minimum atomic E-state index is -1.37. The number of ether oxygens (including phenoxy) is 4. The summed E-state index contributed by atoms with van der Waals surface area (Å²) in [5.74, 6) is -4.39. The summed E-state index contributed by atoms with van der Waals surface area (Å²) in [7, 11) is 0. The van der Waals surface area contributed by atoms with Crippen molar-refractivity contribution >= 4 is 24.1 Å². The normalized spacial score (nSPS) is 15.3. The van der Waals surface area contributed by atoms with E-state index in [1.54, 1.807) is 47.6 Å². The van der Waals surface area contributed by atoms with E-state index < -0.39 is 53.5 Å². The molecule has 0 fully saturated rings. The summed E-state index contributed by atoms with van der Waals surface area (Å²) in [6, 6.07) is 3.11. The Hall–Kier alpha value is -3.14. The molecule has 4 unspecified atom stereocenters. The van der Waals surface area contributed by atoms with E-state index in [1.165, 1.54) is 12.1 Å². The van der Waals surface area contributed by atoms with Crippen LogP contribution in [0.1, 0.15) is 92.6 Å². The van der Waals surface area contributed by atoms with Gasteiger partial charge in [0.1, 0.15) is 11.6 Å². The highest BCUT2D eigenvalue weighted by molar-refractivity contribution is 5.79. The van der Waals surface area contributed by atoms with Gasteiger partial charge in [0.15, 0.2) is 11.5 Å². The van der Waals surface area contributed by atoms with Gasteiger partial charge in [-0.25, -0.2) is 4.79 Å². The summed E-state index contributed by atoms with van der Waals surface area (Å²) in [5, 5.41) is 9.71. The van der Waals surface area contributed by atoms with Crippen LogP contribution in [0, 0.1) is 17.8 Å². The molecule has 0 saturated carbocycles. The zero-order chi connectivity index (χ0) is 29.9. The van der Waals surface area contributed by atoms with Gasteiger partial charge in [-0.1, -0.05) is 53.5 Å². The fraction of sp³-hybridized carbons (Fsp3) is 0.655. The number of carboxylic acids is 1. The number of carbonyl (C=O) groups is 4.